The van der Waals surface area contributed by atoms with Gasteiger partial charge in [0.25, 0.3) is 0 Å². The summed E-state index contributed by atoms with van der Waals surface area (Å²) >= 11 is 0. The van der Waals surface area contributed by atoms with Crippen LogP contribution >= 0.6 is 0 Å². The lowest BCUT2D eigenvalue weighted by molar-refractivity contribution is 0.0668. The van der Waals surface area contributed by atoms with Crippen LogP contribution in [0.2, 0.25) is 0 Å². The third-order valence-electron chi connectivity index (χ3n) is 3.18. The van der Waals surface area contributed by atoms with Crippen molar-refractivity contribution in [1.29, 1.82) is 0 Å². The maximum absolute atomic E-state index is 9.40. The number of hydrogen-bond donors (Lipinski definition) is 2. The summed E-state index contributed by atoms with van der Waals surface area (Å²) in [6, 6.07) is 5.18. The molecule has 0 unspecified atom stereocenters. The Bertz CT molecular complexity index is 359. The zero-order valence-electron chi connectivity index (χ0n) is 9.21. The van der Waals surface area contributed by atoms with Gasteiger partial charge in [-0.2, -0.15) is 0 Å². The maximum Gasteiger partial charge on any atom is 0.147 e. The number of fused-ring (bicyclic) bond motifs is 1. The van der Waals surface area contributed by atoms with Gasteiger partial charge in [0.2, 0.25) is 0 Å². The highest BCUT2D eigenvalue weighted by Crippen LogP contribution is 2.37. The van der Waals surface area contributed by atoms with Crippen LogP contribution in [0.5, 0.6) is 11.5 Å². The van der Waals surface area contributed by atoms with Crippen molar-refractivity contribution < 1.29 is 9.84 Å². The van der Waals surface area contributed by atoms with Gasteiger partial charge in [0.15, 0.2) is 0 Å². The van der Waals surface area contributed by atoms with Crippen LogP contribution in [-0.2, 0) is 0 Å². The Hall–Kier alpha value is -1.38. The molecule has 2 rings (SSSR count). The highest BCUT2D eigenvalue weighted by molar-refractivity contribution is 5.60. The molecular formula is C12H17NO2. The van der Waals surface area contributed by atoms with E-state index in [0.29, 0.717) is 0 Å². The van der Waals surface area contributed by atoms with Crippen molar-refractivity contribution in [3.05, 3.63) is 18.2 Å². The second-order valence-electron chi connectivity index (χ2n) is 4.03. The number of benzene rings is 1. The Morgan fingerprint density at radius 2 is 2.13 bits per heavy atom. The van der Waals surface area contributed by atoms with Gasteiger partial charge in [0.1, 0.15) is 17.1 Å². The number of aromatic hydroxyl groups is 1. The lowest BCUT2D eigenvalue weighted by atomic mass is 9.95. The summed E-state index contributed by atoms with van der Waals surface area (Å²) < 4.78 is 5.98. The first-order valence-electron chi connectivity index (χ1n) is 5.45. The average Bonchev–Trinajstić information content (AvgIpc) is 2.28. The molecule has 0 bridgehead atoms. The van der Waals surface area contributed by atoms with Crippen molar-refractivity contribution in [3.63, 3.8) is 0 Å². The zero-order chi connectivity index (χ0) is 10.9. The highest BCUT2D eigenvalue weighted by atomic mass is 16.5. The summed E-state index contributed by atoms with van der Waals surface area (Å²) in [5.41, 5.74) is 0.839. The monoisotopic (exact) mass is 207 g/mol. The molecule has 2 N–H and O–H groups in total. The van der Waals surface area contributed by atoms with Crippen LogP contribution in [0.4, 0.5) is 5.69 Å². The molecular weight excluding hydrogens is 190 g/mol. The Balaban J connectivity index is 2.32. The van der Waals surface area contributed by atoms with E-state index in [4.69, 9.17) is 4.74 Å². The molecule has 0 aliphatic carbocycles. The fourth-order valence-electron chi connectivity index (χ4n) is 1.91. The lowest BCUT2D eigenvalue weighted by Crippen LogP contribution is -2.44. The van der Waals surface area contributed by atoms with Gasteiger partial charge in [0, 0.05) is 6.07 Å². The third kappa shape index (κ3) is 1.74. The number of rotatable bonds is 2. The zero-order valence-corrected chi connectivity index (χ0v) is 9.21. The molecule has 1 aliphatic rings. The molecule has 15 heavy (non-hydrogen) atoms. The van der Waals surface area contributed by atoms with E-state index < -0.39 is 0 Å². The lowest BCUT2D eigenvalue weighted by Gasteiger charge is -2.38. The molecule has 0 saturated carbocycles. The number of ether oxygens (including phenoxy) is 1. The van der Waals surface area contributed by atoms with E-state index in [1.54, 1.807) is 12.1 Å². The van der Waals surface area contributed by atoms with Gasteiger partial charge in [-0.15, -0.1) is 0 Å². The number of hydrogen-bond acceptors (Lipinski definition) is 3. The van der Waals surface area contributed by atoms with Crippen LogP contribution in [0.25, 0.3) is 0 Å². The summed E-state index contributed by atoms with van der Waals surface area (Å²) in [5.74, 6) is 1.00. The summed E-state index contributed by atoms with van der Waals surface area (Å²) in [4.78, 5) is 0. The van der Waals surface area contributed by atoms with Crippen LogP contribution in [0.15, 0.2) is 18.2 Å². The van der Waals surface area contributed by atoms with Gasteiger partial charge in [-0.05, 0) is 25.0 Å². The molecule has 0 saturated heterocycles. The largest absolute Gasteiger partial charge is 0.508 e. The quantitative estimate of drug-likeness (QED) is 0.733. The van der Waals surface area contributed by atoms with E-state index in [0.717, 1.165) is 30.8 Å². The minimum absolute atomic E-state index is 0.124. The van der Waals surface area contributed by atoms with Crippen molar-refractivity contribution in [2.24, 2.45) is 0 Å². The maximum atomic E-state index is 9.40. The first-order valence-corrected chi connectivity index (χ1v) is 5.45. The van der Waals surface area contributed by atoms with E-state index in [-0.39, 0.29) is 11.4 Å². The van der Waals surface area contributed by atoms with Crippen molar-refractivity contribution in [2.75, 3.05) is 11.9 Å². The van der Waals surface area contributed by atoms with Gasteiger partial charge in [-0.1, -0.05) is 13.8 Å². The predicted molar refractivity (Wildman–Crippen MR) is 60.5 cm³/mol. The smallest absolute Gasteiger partial charge is 0.147 e. The molecule has 0 radical (unpaired) electrons. The Kier molecular flexibility index (Phi) is 2.47. The first kappa shape index (κ1) is 10.1. The van der Waals surface area contributed by atoms with Crippen LogP contribution in [0.1, 0.15) is 26.7 Å². The molecule has 3 nitrogen and oxygen atoms in total. The Morgan fingerprint density at radius 1 is 1.40 bits per heavy atom. The molecule has 82 valence electrons. The van der Waals surface area contributed by atoms with Gasteiger partial charge >= 0.3 is 0 Å². The molecule has 0 amide bonds. The van der Waals surface area contributed by atoms with Crippen LogP contribution in [0, 0.1) is 0 Å². The number of phenolic OH excluding ortho intramolecular Hbond substituents is 1. The van der Waals surface area contributed by atoms with Crippen LogP contribution in [0.3, 0.4) is 0 Å². The minimum atomic E-state index is -0.124. The predicted octanol–water partition coefficient (Wildman–Crippen LogP) is 2.76. The van der Waals surface area contributed by atoms with E-state index in [9.17, 15) is 5.11 Å². The molecule has 0 spiro atoms. The molecule has 3 heteroatoms. The van der Waals surface area contributed by atoms with Gasteiger partial charge < -0.3 is 15.2 Å². The van der Waals surface area contributed by atoms with E-state index in [1.165, 1.54) is 0 Å². The molecule has 1 aromatic rings. The standard InChI is InChI=1S/C12H17NO2/c1-3-12(4-2)8-13-10-6-5-9(14)7-11(10)15-12/h5-7,13-14H,3-4,8H2,1-2H3. The van der Waals surface area contributed by atoms with Gasteiger partial charge in [-0.3, -0.25) is 0 Å². The van der Waals surface area contributed by atoms with E-state index in [1.807, 2.05) is 6.07 Å². The SMILES string of the molecule is CCC1(CC)CNc2ccc(O)cc2O1. The van der Waals surface area contributed by atoms with Crippen LogP contribution < -0.4 is 10.1 Å². The van der Waals surface area contributed by atoms with Gasteiger partial charge in [0.05, 0.1) is 12.2 Å². The summed E-state index contributed by atoms with van der Waals surface area (Å²) in [6.45, 7) is 5.08. The number of anilines is 1. The third-order valence-corrected chi connectivity index (χ3v) is 3.18. The molecule has 1 heterocycles. The summed E-state index contributed by atoms with van der Waals surface area (Å²) in [5, 5.41) is 12.7. The van der Waals surface area contributed by atoms with Gasteiger partial charge in [-0.25, -0.2) is 0 Å². The molecule has 0 fully saturated rings. The second-order valence-corrected chi connectivity index (χ2v) is 4.03. The van der Waals surface area contributed by atoms with Crippen molar-refractivity contribution in [1.82, 2.24) is 0 Å². The summed E-state index contributed by atoms with van der Waals surface area (Å²) in [6.07, 6.45) is 1.93. The molecule has 0 aromatic heterocycles. The van der Waals surface area contributed by atoms with E-state index in [2.05, 4.69) is 19.2 Å². The number of nitrogens with one attached hydrogen (secondary N) is 1. The van der Waals surface area contributed by atoms with Crippen molar-refractivity contribution >= 4 is 5.69 Å². The minimum Gasteiger partial charge on any atom is -0.508 e. The molecule has 0 atom stereocenters. The molecule has 1 aliphatic heterocycles. The topological polar surface area (TPSA) is 41.5 Å². The Labute approximate surface area is 90.1 Å². The van der Waals surface area contributed by atoms with E-state index >= 15 is 0 Å². The Morgan fingerprint density at radius 3 is 2.80 bits per heavy atom. The van der Waals surface area contributed by atoms with Crippen molar-refractivity contribution in [2.45, 2.75) is 32.3 Å². The normalized spacial score (nSPS) is 17.5. The fraction of sp³-hybridized carbons (Fsp3) is 0.500. The van der Waals surface area contributed by atoms with Crippen molar-refractivity contribution in [3.8, 4) is 11.5 Å². The average molecular weight is 207 g/mol. The fourth-order valence-corrected chi connectivity index (χ4v) is 1.91. The second kappa shape index (κ2) is 3.65. The summed E-state index contributed by atoms with van der Waals surface area (Å²) in [7, 11) is 0. The molecule has 1 aromatic carbocycles. The number of phenols is 1. The first-order chi connectivity index (χ1) is 7.19. The highest BCUT2D eigenvalue weighted by Gasteiger charge is 2.32. The van der Waals surface area contributed by atoms with Crippen LogP contribution in [-0.4, -0.2) is 17.3 Å².